The minimum atomic E-state index is -0.0711. The number of methoxy groups -OCH3 is 1. The quantitative estimate of drug-likeness (QED) is 0.453. The Bertz CT molecular complexity index is 1130. The fourth-order valence-corrected chi connectivity index (χ4v) is 3.42. The average molecular weight is 409 g/mol. The third-order valence-corrected chi connectivity index (χ3v) is 4.91. The number of rotatable bonds is 9. The van der Waals surface area contributed by atoms with Crippen molar-refractivity contribution in [2.75, 3.05) is 38.3 Å². The Morgan fingerprint density at radius 1 is 1.27 bits per heavy atom. The van der Waals surface area contributed by atoms with Crippen molar-refractivity contribution in [1.82, 2.24) is 14.6 Å². The van der Waals surface area contributed by atoms with Crippen molar-refractivity contribution < 1.29 is 13.9 Å². The predicted molar refractivity (Wildman–Crippen MR) is 117 cm³/mol. The van der Waals surface area contributed by atoms with Crippen LogP contribution in [0.25, 0.3) is 28.1 Å². The van der Waals surface area contributed by atoms with E-state index in [1.807, 2.05) is 31.2 Å². The maximum atomic E-state index is 6.18. The van der Waals surface area contributed by atoms with Crippen LogP contribution in [-0.4, -0.2) is 54.1 Å². The SMILES string of the molecule is CCN(CCOC)c1cccc2oc(-c3cnc4ccc(OC[C@H](C)N)nn34)cc12. The van der Waals surface area contributed by atoms with Crippen LogP contribution in [0.15, 0.2) is 47.0 Å². The van der Waals surface area contributed by atoms with Crippen LogP contribution >= 0.6 is 0 Å². The van der Waals surface area contributed by atoms with Crippen molar-refractivity contribution >= 4 is 22.3 Å². The monoisotopic (exact) mass is 409 g/mol. The predicted octanol–water partition coefficient (Wildman–Crippen LogP) is 3.34. The van der Waals surface area contributed by atoms with Gasteiger partial charge in [-0.3, -0.25) is 0 Å². The number of hydrogen-bond acceptors (Lipinski definition) is 7. The Balaban J connectivity index is 1.73. The molecular weight excluding hydrogens is 382 g/mol. The number of ether oxygens (including phenoxy) is 2. The number of nitrogens with zero attached hydrogens (tertiary/aromatic N) is 4. The van der Waals surface area contributed by atoms with Gasteiger partial charge in [0.15, 0.2) is 11.4 Å². The van der Waals surface area contributed by atoms with Crippen LogP contribution in [0.2, 0.25) is 0 Å². The van der Waals surface area contributed by atoms with Crippen molar-refractivity contribution in [2.24, 2.45) is 5.73 Å². The number of furan rings is 1. The highest BCUT2D eigenvalue weighted by molar-refractivity contribution is 5.94. The highest BCUT2D eigenvalue weighted by Crippen LogP contribution is 2.34. The van der Waals surface area contributed by atoms with Gasteiger partial charge in [0.25, 0.3) is 0 Å². The first-order valence-corrected chi connectivity index (χ1v) is 10.1. The second kappa shape index (κ2) is 8.73. The summed E-state index contributed by atoms with van der Waals surface area (Å²) in [6.07, 6.45) is 1.76. The molecule has 0 fully saturated rings. The van der Waals surface area contributed by atoms with Gasteiger partial charge < -0.3 is 24.5 Å². The molecule has 0 aliphatic carbocycles. The van der Waals surface area contributed by atoms with Crippen LogP contribution in [0.3, 0.4) is 0 Å². The highest BCUT2D eigenvalue weighted by atomic mass is 16.5. The lowest BCUT2D eigenvalue weighted by molar-refractivity contribution is 0.205. The van der Waals surface area contributed by atoms with Gasteiger partial charge >= 0.3 is 0 Å². The summed E-state index contributed by atoms with van der Waals surface area (Å²) in [5.41, 5.74) is 9.19. The Morgan fingerprint density at radius 3 is 2.90 bits per heavy atom. The van der Waals surface area contributed by atoms with Crippen molar-refractivity contribution in [3.63, 3.8) is 0 Å². The minimum absolute atomic E-state index is 0.0711. The highest BCUT2D eigenvalue weighted by Gasteiger charge is 2.17. The summed E-state index contributed by atoms with van der Waals surface area (Å²) in [4.78, 5) is 6.72. The van der Waals surface area contributed by atoms with E-state index >= 15 is 0 Å². The summed E-state index contributed by atoms with van der Waals surface area (Å²) < 4.78 is 18.8. The fourth-order valence-electron chi connectivity index (χ4n) is 3.42. The molecule has 0 saturated carbocycles. The van der Waals surface area contributed by atoms with Gasteiger partial charge in [-0.2, -0.15) is 0 Å². The summed E-state index contributed by atoms with van der Waals surface area (Å²) in [5.74, 6) is 1.19. The van der Waals surface area contributed by atoms with Crippen molar-refractivity contribution in [2.45, 2.75) is 19.9 Å². The van der Waals surface area contributed by atoms with E-state index in [1.54, 1.807) is 23.9 Å². The van der Waals surface area contributed by atoms with Crippen LogP contribution in [0.1, 0.15) is 13.8 Å². The molecule has 30 heavy (non-hydrogen) atoms. The molecule has 8 nitrogen and oxygen atoms in total. The number of benzene rings is 1. The lowest BCUT2D eigenvalue weighted by Gasteiger charge is -2.23. The molecule has 1 aromatic carbocycles. The molecule has 2 N–H and O–H groups in total. The first-order chi connectivity index (χ1) is 14.6. The van der Waals surface area contributed by atoms with E-state index in [2.05, 4.69) is 28.0 Å². The third-order valence-electron chi connectivity index (χ3n) is 4.91. The van der Waals surface area contributed by atoms with Crippen LogP contribution in [0.4, 0.5) is 5.69 Å². The van der Waals surface area contributed by atoms with Gasteiger partial charge in [-0.1, -0.05) is 6.07 Å². The van der Waals surface area contributed by atoms with Gasteiger partial charge in [0.2, 0.25) is 5.88 Å². The summed E-state index contributed by atoms with van der Waals surface area (Å²) in [6, 6.07) is 11.7. The number of likely N-dealkylation sites (N-methyl/N-ethyl adjacent to an activating group) is 1. The Morgan fingerprint density at radius 2 is 2.13 bits per heavy atom. The average Bonchev–Trinajstić information content (AvgIpc) is 3.36. The Kier molecular flexibility index (Phi) is 5.87. The number of anilines is 1. The van der Waals surface area contributed by atoms with E-state index < -0.39 is 0 Å². The van der Waals surface area contributed by atoms with Gasteiger partial charge in [-0.15, -0.1) is 5.10 Å². The number of aromatic nitrogens is 3. The van der Waals surface area contributed by atoms with Crippen LogP contribution < -0.4 is 15.4 Å². The zero-order valence-electron chi connectivity index (χ0n) is 17.5. The van der Waals surface area contributed by atoms with E-state index in [1.165, 1.54) is 0 Å². The Hall–Kier alpha value is -3.10. The zero-order valence-corrected chi connectivity index (χ0v) is 17.5. The molecule has 4 aromatic rings. The smallest absolute Gasteiger partial charge is 0.231 e. The van der Waals surface area contributed by atoms with Gasteiger partial charge in [0, 0.05) is 43.4 Å². The second-order valence-electron chi connectivity index (χ2n) is 7.25. The molecule has 3 heterocycles. The molecule has 1 atom stereocenters. The molecule has 0 aliphatic heterocycles. The van der Waals surface area contributed by atoms with Gasteiger partial charge in [-0.25, -0.2) is 9.50 Å². The van der Waals surface area contributed by atoms with Gasteiger partial charge in [0.05, 0.1) is 12.8 Å². The molecule has 0 aliphatic rings. The lowest BCUT2D eigenvalue weighted by Crippen LogP contribution is -2.26. The lowest BCUT2D eigenvalue weighted by atomic mass is 10.2. The number of imidazole rings is 1. The summed E-state index contributed by atoms with van der Waals surface area (Å²) in [5, 5.41) is 5.60. The largest absolute Gasteiger partial charge is 0.475 e. The molecule has 0 radical (unpaired) electrons. The minimum Gasteiger partial charge on any atom is -0.475 e. The van der Waals surface area contributed by atoms with Crippen LogP contribution in [0, 0.1) is 0 Å². The summed E-state index contributed by atoms with van der Waals surface area (Å²) >= 11 is 0. The summed E-state index contributed by atoms with van der Waals surface area (Å²) in [7, 11) is 1.72. The maximum absolute atomic E-state index is 6.18. The molecule has 158 valence electrons. The van der Waals surface area contributed by atoms with E-state index in [0.29, 0.717) is 30.5 Å². The standard InChI is InChI=1S/C22H27N5O3/c1-4-26(10-11-28-3)17-6-5-7-19-16(17)12-20(30-19)18-13-24-21-8-9-22(25-27(18)21)29-14-15(2)23/h5-9,12-13,15H,4,10-11,14,23H2,1-3H3/t15-/m0/s1. The first kappa shape index (κ1) is 20.2. The molecule has 0 unspecified atom stereocenters. The molecule has 3 aromatic heterocycles. The number of fused-ring (bicyclic) bond motifs is 2. The number of nitrogens with two attached hydrogens (primary N) is 1. The fraction of sp³-hybridized carbons (Fsp3) is 0.364. The van der Waals surface area contributed by atoms with Crippen LogP contribution in [0.5, 0.6) is 5.88 Å². The molecular formula is C22H27N5O3. The maximum Gasteiger partial charge on any atom is 0.231 e. The molecule has 4 rings (SSSR count). The van der Waals surface area contributed by atoms with E-state index in [0.717, 1.165) is 35.4 Å². The van der Waals surface area contributed by atoms with E-state index in [9.17, 15) is 0 Å². The van der Waals surface area contributed by atoms with Gasteiger partial charge in [-0.05, 0) is 38.1 Å². The molecule has 8 heteroatoms. The molecule has 0 spiro atoms. The summed E-state index contributed by atoms with van der Waals surface area (Å²) in [6.45, 7) is 6.76. The van der Waals surface area contributed by atoms with E-state index in [-0.39, 0.29) is 6.04 Å². The topological polar surface area (TPSA) is 91.0 Å². The first-order valence-electron chi connectivity index (χ1n) is 10.1. The third kappa shape index (κ3) is 3.96. The molecule has 0 amide bonds. The molecule has 0 bridgehead atoms. The van der Waals surface area contributed by atoms with Crippen molar-refractivity contribution in [1.29, 1.82) is 0 Å². The van der Waals surface area contributed by atoms with Crippen molar-refractivity contribution in [3.8, 4) is 17.3 Å². The van der Waals surface area contributed by atoms with Crippen LogP contribution in [-0.2, 0) is 4.74 Å². The Labute approximate surface area is 175 Å². The number of hydrogen-bond donors (Lipinski definition) is 1. The normalized spacial score (nSPS) is 12.5. The van der Waals surface area contributed by atoms with Crippen molar-refractivity contribution in [3.05, 3.63) is 42.6 Å². The second-order valence-corrected chi connectivity index (χ2v) is 7.25. The molecule has 0 saturated heterocycles. The van der Waals surface area contributed by atoms with Gasteiger partial charge in [0.1, 0.15) is 17.9 Å². The van der Waals surface area contributed by atoms with E-state index in [4.69, 9.17) is 19.6 Å². The zero-order chi connectivity index (χ0) is 21.1.